The molecule has 2 aromatic heterocycles. The molecule has 0 radical (unpaired) electrons. The molecular weight excluding hydrogens is 384 g/mol. The van der Waals surface area contributed by atoms with Crippen molar-refractivity contribution < 1.29 is 19.5 Å². The number of imidazole rings is 1. The molecule has 1 N–H and O–H groups in total. The fourth-order valence-corrected chi connectivity index (χ4v) is 4.30. The van der Waals surface area contributed by atoms with E-state index >= 15 is 0 Å². The van der Waals surface area contributed by atoms with Crippen molar-refractivity contribution in [2.75, 3.05) is 32.2 Å². The zero-order valence-corrected chi connectivity index (χ0v) is 16.3. The van der Waals surface area contributed by atoms with E-state index < -0.39 is 10.5 Å². The second-order valence-corrected chi connectivity index (χ2v) is 7.56. The summed E-state index contributed by atoms with van der Waals surface area (Å²) in [5, 5.41) is 24.6. The lowest BCUT2D eigenvalue weighted by Crippen LogP contribution is -2.43. The predicted molar refractivity (Wildman–Crippen MR) is 105 cm³/mol. The van der Waals surface area contributed by atoms with Crippen LogP contribution in [0, 0.1) is 10.1 Å². The van der Waals surface area contributed by atoms with Crippen molar-refractivity contribution in [1.82, 2.24) is 9.38 Å². The molecule has 28 heavy (non-hydrogen) atoms. The number of methoxy groups -OCH3 is 2. The Morgan fingerprint density at radius 1 is 1.21 bits per heavy atom. The third kappa shape index (κ3) is 3.04. The number of ether oxygens (including phenoxy) is 2. The van der Waals surface area contributed by atoms with E-state index in [4.69, 9.17) is 9.47 Å². The van der Waals surface area contributed by atoms with Gasteiger partial charge in [-0.2, -0.15) is 9.38 Å². The van der Waals surface area contributed by atoms with Crippen LogP contribution >= 0.6 is 11.3 Å². The first-order chi connectivity index (χ1) is 13.4. The van der Waals surface area contributed by atoms with Crippen molar-refractivity contribution in [3.8, 4) is 11.5 Å². The molecule has 1 saturated heterocycles. The summed E-state index contributed by atoms with van der Waals surface area (Å²) < 4.78 is 12.1. The van der Waals surface area contributed by atoms with Gasteiger partial charge in [0.15, 0.2) is 0 Å². The molecule has 1 aliphatic rings. The number of thiazole rings is 1. The van der Waals surface area contributed by atoms with E-state index in [1.807, 2.05) is 4.90 Å². The van der Waals surface area contributed by atoms with Crippen LogP contribution in [0.5, 0.6) is 11.5 Å². The SMILES string of the molecule is COc1cc(OC)cc(C2(O)CCN(c3nc4sccn4c3[N+](=O)[O-])CC2)c1. The predicted octanol–water partition coefficient (Wildman–Crippen LogP) is 2.81. The van der Waals surface area contributed by atoms with Crippen LogP contribution in [0.3, 0.4) is 0 Å². The monoisotopic (exact) mass is 404 g/mol. The van der Waals surface area contributed by atoms with Crippen molar-refractivity contribution in [2.45, 2.75) is 18.4 Å². The van der Waals surface area contributed by atoms with E-state index in [1.165, 1.54) is 15.7 Å². The highest BCUT2D eigenvalue weighted by atomic mass is 32.1. The molecule has 9 nitrogen and oxygen atoms in total. The summed E-state index contributed by atoms with van der Waals surface area (Å²) in [5.41, 5.74) is -0.354. The summed E-state index contributed by atoms with van der Waals surface area (Å²) in [6.45, 7) is 0.892. The molecule has 1 aliphatic heterocycles. The van der Waals surface area contributed by atoms with Gasteiger partial charge in [-0.3, -0.25) is 0 Å². The Balaban J connectivity index is 1.61. The molecule has 0 amide bonds. The molecule has 3 heterocycles. The van der Waals surface area contributed by atoms with Gasteiger partial charge in [-0.15, -0.1) is 0 Å². The minimum absolute atomic E-state index is 0.0373. The van der Waals surface area contributed by atoms with Gasteiger partial charge in [0, 0.05) is 24.5 Å². The zero-order chi connectivity index (χ0) is 19.9. The van der Waals surface area contributed by atoms with Gasteiger partial charge < -0.3 is 29.6 Å². The van der Waals surface area contributed by atoms with E-state index in [1.54, 1.807) is 44.0 Å². The van der Waals surface area contributed by atoms with Crippen LogP contribution in [-0.2, 0) is 5.60 Å². The summed E-state index contributed by atoms with van der Waals surface area (Å²) in [4.78, 5) is 18.1. The fraction of sp³-hybridized carbons (Fsp3) is 0.389. The van der Waals surface area contributed by atoms with Crippen LogP contribution in [0.4, 0.5) is 11.6 Å². The second kappa shape index (κ2) is 6.95. The van der Waals surface area contributed by atoms with Crippen LogP contribution in [-0.4, -0.2) is 46.7 Å². The molecule has 3 aromatic rings. The zero-order valence-electron chi connectivity index (χ0n) is 15.5. The highest BCUT2D eigenvalue weighted by molar-refractivity contribution is 7.15. The lowest BCUT2D eigenvalue weighted by atomic mass is 9.84. The summed E-state index contributed by atoms with van der Waals surface area (Å²) >= 11 is 1.35. The molecule has 0 spiro atoms. The molecule has 0 atom stereocenters. The number of aromatic nitrogens is 2. The quantitative estimate of drug-likeness (QED) is 0.515. The van der Waals surface area contributed by atoms with Crippen LogP contribution < -0.4 is 14.4 Å². The first-order valence-corrected chi connectivity index (χ1v) is 9.64. The third-order valence-corrected chi connectivity index (χ3v) is 5.93. The number of nitrogens with zero attached hydrogens (tertiary/aromatic N) is 4. The number of aliphatic hydroxyl groups is 1. The van der Waals surface area contributed by atoms with Crippen molar-refractivity contribution in [2.24, 2.45) is 0 Å². The number of benzene rings is 1. The van der Waals surface area contributed by atoms with Gasteiger partial charge in [0.1, 0.15) is 17.7 Å². The highest BCUT2D eigenvalue weighted by Gasteiger charge is 2.38. The Hall–Kier alpha value is -2.85. The largest absolute Gasteiger partial charge is 0.497 e. The molecule has 0 bridgehead atoms. The molecule has 1 fully saturated rings. The third-order valence-electron chi connectivity index (χ3n) is 5.17. The summed E-state index contributed by atoms with van der Waals surface area (Å²) in [7, 11) is 3.13. The molecule has 1 aromatic carbocycles. The first kappa shape index (κ1) is 18.5. The van der Waals surface area contributed by atoms with Gasteiger partial charge in [-0.05, 0) is 35.5 Å². The molecule has 148 valence electrons. The standard InChI is InChI=1S/C18H20N4O5S/c1-26-13-9-12(10-14(11-13)27-2)18(23)3-5-20(6-4-18)15-16(22(24)25)21-7-8-28-17(21)19-15/h7-11,23H,3-6H2,1-2H3. The maximum atomic E-state index is 11.6. The number of hydrogen-bond acceptors (Lipinski definition) is 8. The Kier molecular flexibility index (Phi) is 4.60. The molecule has 10 heteroatoms. The topological polar surface area (TPSA) is 102 Å². The Morgan fingerprint density at radius 3 is 2.43 bits per heavy atom. The lowest BCUT2D eigenvalue weighted by Gasteiger charge is -2.38. The molecular formula is C18H20N4O5S. The van der Waals surface area contributed by atoms with Crippen LogP contribution in [0.15, 0.2) is 29.8 Å². The summed E-state index contributed by atoms with van der Waals surface area (Å²) in [6, 6.07) is 5.35. The van der Waals surface area contributed by atoms with E-state index in [2.05, 4.69) is 4.98 Å². The summed E-state index contributed by atoms with van der Waals surface area (Å²) in [6.07, 6.45) is 2.47. The Labute approximate surface area is 164 Å². The molecule has 0 aliphatic carbocycles. The Bertz CT molecular complexity index is 1000. The smallest absolute Gasteiger partial charge is 0.373 e. The van der Waals surface area contributed by atoms with Crippen molar-refractivity contribution in [3.05, 3.63) is 45.5 Å². The molecule has 0 saturated carbocycles. The van der Waals surface area contributed by atoms with Crippen molar-refractivity contribution in [3.63, 3.8) is 0 Å². The lowest BCUT2D eigenvalue weighted by molar-refractivity contribution is -0.389. The average molecular weight is 404 g/mol. The second-order valence-electron chi connectivity index (χ2n) is 6.69. The van der Waals surface area contributed by atoms with Crippen LogP contribution in [0.2, 0.25) is 0 Å². The maximum absolute atomic E-state index is 11.6. The normalized spacial score (nSPS) is 16.3. The van der Waals surface area contributed by atoms with Crippen LogP contribution in [0.25, 0.3) is 4.96 Å². The van der Waals surface area contributed by atoms with Gasteiger partial charge in [-0.25, -0.2) is 0 Å². The number of hydrogen-bond donors (Lipinski definition) is 1. The number of rotatable bonds is 5. The number of fused-ring (bicyclic) bond motifs is 1. The van der Waals surface area contributed by atoms with E-state index in [9.17, 15) is 15.2 Å². The van der Waals surface area contributed by atoms with Gasteiger partial charge in [0.2, 0.25) is 5.82 Å². The van der Waals surface area contributed by atoms with Gasteiger partial charge in [-0.1, -0.05) is 11.3 Å². The summed E-state index contributed by atoms with van der Waals surface area (Å²) in [5.74, 6) is 1.53. The van der Waals surface area contributed by atoms with Crippen LogP contribution in [0.1, 0.15) is 18.4 Å². The molecule has 0 unspecified atom stereocenters. The van der Waals surface area contributed by atoms with Gasteiger partial charge in [0.25, 0.3) is 4.96 Å². The average Bonchev–Trinajstić information content (AvgIpc) is 3.29. The van der Waals surface area contributed by atoms with Gasteiger partial charge in [0.05, 0.1) is 19.8 Å². The highest BCUT2D eigenvalue weighted by Crippen LogP contribution is 2.40. The maximum Gasteiger partial charge on any atom is 0.373 e. The van der Waals surface area contributed by atoms with Crippen molar-refractivity contribution >= 4 is 27.9 Å². The minimum Gasteiger partial charge on any atom is -0.497 e. The van der Waals surface area contributed by atoms with E-state index in [0.29, 0.717) is 53.8 Å². The van der Waals surface area contributed by atoms with E-state index in [-0.39, 0.29) is 5.82 Å². The number of anilines is 1. The minimum atomic E-state index is -1.07. The van der Waals surface area contributed by atoms with Crippen molar-refractivity contribution in [1.29, 1.82) is 0 Å². The Morgan fingerprint density at radius 2 is 1.86 bits per heavy atom. The fourth-order valence-electron chi connectivity index (χ4n) is 3.60. The first-order valence-electron chi connectivity index (χ1n) is 8.76. The number of piperidine rings is 1. The van der Waals surface area contributed by atoms with E-state index in [0.717, 1.165) is 0 Å². The van der Waals surface area contributed by atoms with Gasteiger partial charge >= 0.3 is 5.82 Å². The molecule has 4 rings (SSSR count). The number of nitro groups is 1.